The van der Waals surface area contributed by atoms with Gasteiger partial charge in [-0.15, -0.1) is 0 Å². The Morgan fingerprint density at radius 1 is 1.30 bits per heavy atom. The molecule has 3 N–H and O–H groups in total. The van der Waals surface area contributed by atoms with Crippen LogP contribution in [0, 0.1) is 6.92 Å². The zero-order valence-electron chi connectivity index (χ0n) is 12.0. The van der Waals surface area contributed by atoms with E-state index in [9.17, 15) is 13.2 Å². The molecule has 0 aromatic heterocycles. The highest BCUT2D eigenvalue weighted by Crippen LogP contribution is 2.19. The number of rotatable bonds is 6. The third-order valence-electron chi connectivity index (χ3n) is 3.15. The Labute approximate surface area is 120 Å². The molecular weight excluding hydrogens is 278 g/mol. The van der Waals surface area contributed by atoms with E-state index in [2.05, 4.69) is 4.72 Å². The Kier molecular flexibility index (Phi) is 5.52. The summed E-state index contributed by atoms with van der Waals surface area (Å²) in [5.74, 6) is -0.250. The molecule has 0 radical (unpaired) electrons. The van der Waals surface area contributed by atoms with Crippen LogP contribution in [0.4, 0.5) is 5.69 Å². The van der Waals surface area contributed by atoms with E-state index in [4.69, 9.17) is 5.73 Å². The van der Waals surface area contributed by atoms with Gasteiger partial charge in [-0.05, 0) is 38.5 Å². The van der Waals surface area contributed by atoms with Crippen molar-refractivity contribution in [2.45, 2.75) is 25.7 Å². The fraction of sp³-hybridized carbons (Fsp3) is 0.462. The predicted octanol–water partition coefficient (Wildman–Crippen LogP) is 0.724. The predicted molar refractivity (Wildman–Crippen MR) is 78.7 cm³/mol. The first-order valence-electron chi connectivity index (χ1n) is 6.46. The van der Waals surface area contributed by atoms with Crippen molar-refractivity contribution in [3.8, 4) is 0 Å². The number of benzene rings is 1. The van der Waals surface area contributed by atoms with E-state index in [-0.39, 0.29) is 17.3 Å². The van der Waals surface area contributed by atoms with Crippen molar-refractivity contribution in [2.75, 3.05) is 25.4 Å². The third-order valence-corrected chi connectivity index (χ3v) is 4.69. The maximum atomic E-state index is 12.2. The van der Waals surface area contributed by atoms with E-state index >= 15 is 0 Å². The van der Waals surface area contributed by atoms with Gasteiger partial charge in [-0.2, -0.15) is 0 Å². The van der Waals surface area contributed by atoms with Gasteiger partial charge >= 0.3 is 0 Å². The van der Waals surface area contributed by atoms with Crippen LogP contribution < -0.4 is 10.5 Å². The van der Waals surface area contributed by atoms with Crippen LogP contribution in [0.15, 0.2) is 23.1 Å². The summed E-state index contributed by atoms with van der Waals surface area (Å²) in [6.45, 7) is 6.17. The molecule has 1 amide bonds. The smallest absolute Gasteiger partial charge is 0.241 e. The summed E-state index contributed by atoms with van der Waals surface area (Å²) in [5, 5.41) is 0. The van der Waals surface area contributed by atoms with E-state index in [1.165, 1.54) is 6.07 Å². The zero-order valence-corrected chi connectivity index (χ0v) is 12.8. The van der Waals surface area contributed by atoms with Gasteiger partial charge in [0.2, 0.25) is 15.9 Å². The molecule has 0 heterocycles. The van der Waals surface area contributed by atoms with Gasteiger partial charge in [-0.3, -0.25) is 4.79 Å². The highest BCUT2D eigenvalue weighted by molar-refractivity contribution is 7.89. The summed E-state index contributed by atoms with van der Waals surface area (Å²) in [4.78, 5) is 13.5. The van der Waals surface area contributed by atoms with Gasteiger partial charge in [0.25, 0.3) is 0 Å². The second-order valence-corrected chi connectivity index (χ2v) is 6.10. The van der Waals surface area contributed by atoms with Crippen LogP contribution in [0.3, 0.4) is 0 Å². The number of hydrogen-bond donors (Lipinski definition) is 2. The third kappa shape index (κ3) is 3.71. The molecule has 0 saturated heterocycles. The fourth-order valence-electron chi connectivity index (χ4n) is 1.85. The molecule has 1 aromatic carbocycles. The minimum absolute atomic E-state index is 0.102. The van der Waals surface area contributed by atoms with Gasteiger partial charge in [-0.1, -0.05) is 6.07 Å². The van der Waals surface area contributed by atoms with Crippen molar-refractivity contribution in [3.63, 3.8) is 0 Å². The first-order valence-corrected chi connectivity index (χ1v) is 7.94. The molecule has 20 heavy (non-hydrogen) atoms. The van der Waals surface area contributed by atoms with Gasteiger partial charge < -0.3 is 10.6 Å². The first kappa shape index (κ1) is 16.5. The summed E-state index contributed by atoms with van der Waals surface area (Å²) in [6, 6.07) is 4.68. The van der Waals surface area contributed by atoms with Crippen molar-refractivity contribution in [3.05, 3.63) is 23.8 Å². The van der Waals surface area contributed by atoms with Crippen LogP contribution in [-0.2, 0) is 14.8 Å². The number of anilines is 1. The number of nitrogen functional groups attached to an aromatic ring is 1. The number of nitrogens with two attached hydrogens (primary N) is 1. The Bertz CT molecular complexity index is 581. The molecule has 6 nitrogen and oxygen atoms in total. The van der Waals surface area contributed by atoms with Crippen molar-refractivity contribution >= 4 is 21.6 Å². The molecule has 0 fully saturated rings. The van der Waals surface area contributed by atoms with Crippen molar-refractivity contribution in [1.29, 1.82) is 0 Å². The molecule has 7 heteroatoms. The molecule has 1 aromatic rings. The van der Waals surface area contributed by atoms with Gasteiger partial charge in [-0.25, -0.2) is 13.1 Å². The summed E-state index contributed by atoms with van der Waals surface area (Å²) in [7, 11) is -3.74. The van der Waals surface area contributed by atoms with Gasteiger partial charge in [0.05, 0.1) is 11.4 Å². The molecule has 0 atom stereocenters. The summed E-state index contributed by atoms with van der Waals surface area (Å²) >= 11 is 0. The van der Waals surface area contributed by atoms with E-state index in [0.29, 0.717) is 24.3 Å². The maximum Gasteiger partial charge on any atom is 0.241 e. The van der Waals surface area contributed by atoms with Crippen LogP contribution in [0.25, 0.3) is 0 Å². The first-order chi connectivity index (χ1) is 9.33. The van der Waals surface area contributed by atoms with E-state index in [1.54, 1.807) is 24.0 Å². The largest absolute Gasteiger partial charge is 0.398 e. The SMILES string of the molecule is CCN(CC)C(=O)CNS(=O)(=O)c1cccc(N)c1C. The average molecular weight is 299 g/mol. The quantitative estimate of drug-likeness (QED) is 0.757. The lowest BCUT2D eigenvalue weighted by Crippen LogP contribution is -2.40. The standard InChI is InChI=1S/C13H21N3O3S/c1-4-16(5-2)13(17)9-15-20(18,19)12-8-6-7-11(14)10(12)3/h6-8,15H,4-5,9,14H2,1-3H3. The summed E-state index contributed by atoms with van der Waals surface area (Å²) < 4.78 is 26.7. The molecule has 0 aliphatic heterocycles. The number of nitrogens with zero attached hydrogens (tertiary/aromatic N) is 1. The zero-order chi connectivity index (χ0) is 15.3. The minimum Gasteiger partial charge on any atom is -0.398 e. The highest BCUT2D eigenvalue weighted by Gasteiger charge is 2.20. The second kappa shape index (κ2) is 6.71. The van der Waals surface area contributed by atoms with Gasteiger partial charge in [0, 0.05) is 18.8 Å². The minimum atomic E-state index is -3.74. The lowest BCUT2D eigenvalue weighted by molar-refractivity contribution is -0.129. The monoisotopic (exact) mass is 299 g/mol. The molecule has 0 aliphatic carbocycles. The molecule has 0 spiro atoms. The highest BCUT2D eigenvalue weighted by atomic mass is 32.2. The van der Waals surface area contributed by atoms with E-state index < -0.39 is 10.0 Å². The van der Waals surface area contributed by atoms with Crippen LogP contribution in [-0.4, -0.2) is 38.9 Å². The normalized spacial score (nSPS) is 11.3. The summed E-state index contributed by atoms with van der Waals surface area (Å²) in [5.41, 5.74) is 6.58. The summed E-state index contributed by atoms with van der Waals surface area (Å²) in [6.07, 6.45) is 0. The number of likely N-dealkylation sites (N-methyl/N-ethyl adjacent to an activating group) is 1. The van der Waals surface area contributed by atoms with Crippen LogP contribution in [0.2, 0.25) is 0 Å². The van der Waals surface area contributed by atoms with Crippen LogP contribution in [0.1, 0.15) is 19.4 Å². The topological polar surface area (TPSA) is 92.5 Å². The molecule has 0 bridgehead atoms. The molecule has 0 aliphatic rings. The average Bonchev–Trinajstić information content (AvgIpc) is 2.41. The number of sulfonamides is 1. The molecule has 1 rings (SSSR count). The lowest BCUT2D eigenvalue weighted by atomic mass is 10.2. The Morgan fingerprint density at radius 2 is 1.90 bits per heavy atom. The number of carbonyl (C=O) groups excluding carboxylic acids is 1. The van der Waals surface area contributed by atoms with Gasteiger partial charge in [0.1, 0.15) is 0 Å². The molecule has 0 unspecified atom stereocenters. The van der Waals surface area contributed by atoms with Crippen molar-refractivity contribution in [2.24, 2.45) is 0 Å². The number of amides is 1. The molecular formula is C13H21N3O3S. The molecule has 0 saturated carbocycles. The lowest BCUT2D eigenvalue weighted by Gasteiger charge is -2.19. The maximum absolute atomic E-state index is 12.2. The van der Waals surface area contributed by atoms with Gasteiger partial charge in [0.15, 0.2) is 0 Å². The number of carbonyl (C=O) groups is 1. The Hall–Kier alpha value is -1.60. The van der Waals surface area contributed by atoms with Crippen molar-refractivity contribution < 1.29 is 13.2 Å². The second-order valence-electron chi connectivity index (χ2n) is 4.36. The van der Waals surface area contributed by atoms with Crippen LogP contribution >= 0.6 is 0 Å². The van der Waals surface area contributed by atoms with E-state index in [0.717, 1.165) is 0 Å². The van der Waals surface area contributed by atoms with E-state index in [1.807, 2.05) is 13.8 Å². The molecule has 112 valence electrons. The Morgan fingerprint density at radius 3 is 2.45 bits per heavy atom. The van der Waals surface area contributed by atoms with Crippen molar-refractivity contribution in [1.82, 2.24) is 9.62 Å². The Balaban J connectivity index is 2.86. The van der Waals surface area contributed by atoms with Crippen LogP contribution in [0.5, 0.6) is 0 Å². The number of nitrogens with one attached hydrogen (secondary N) is 1. The number of hydrogen-bond acceptors (Lipinski definition) is 4. The fourth-order valence-corrected chi connectivity index (χ4v) is 3.09.